The molecule has 0 bridgehead atoms. The quantitative estimate of drug-likeness (QED) is 0.876. The highest BCUT2D eigenvalue weighted by Crippen LogP contribution is 2.22. The van der Waals surface area contributed by atoms with Crippen LogP contribution >= 0.6 is 11.3 Å². The summed E-state index contributed by atoms with van der Waals surface area (Å²) >= 11 is 1.64. The minimum atomic E-state index is 0.206. The Morgan fingerprint density at radius 3 is 2.94 bits per heavy atom. The summed E-state index contributed by atoms with van der Waals surface area (Å²) in [6.45, 7) is 2.18. The third-order valence-electron chi connectivity index (χ3n) is 2.73. The van der Waals surface area contributed by atoms with Crippen molar-refractivity contribution < 1.29 is 0 Å². The Kier molecular flexibility index (Phi) is 3.70. The summed E-state index contributed by atoms with van der Waals surface area (Å²) in [5.41, 5.74) is 5.63. The predicted molar refractivity (Wildman–Crippen MR) is 68.8 cm³/mol. The largest absolute Gasteiger partial charge is 0.308 e. The van der Waals surface area contributed by atoms with Crippen LogP contribution in [0.3, 0.4) is 0 Å². The van der Waals surface area contributed by atoms with E-state index in [4.69, 9.17) is 0 Å². The fourth-order valence-corrected chi connectivity index (χ4v) is 2.42. The second kappa shape index (κ2) is 5.23. The lowest BCUT2D eigenvalue weighted by Crippen LogP contribution is -2.18. The van der Waals surface area contributed by atoms with Gasteiger partial charge in [-0.3, -0.25) is 0 Å². The maximum atomic E-state index is 4.38. The summed E-state index contributed by atoms with van der Waals surface area (Å²) in [5.74, 6) is 0. The van der Waals surface area contributed by atoms with Gasteiger partial charge < -0.3 is 5.32 Å². The summed E-state index contributed by atoms with van der Waals surface area (Å²) in [6.07, 6.45) is 1.07. The molecule has 0 aliphatic heterocycles. The van der Waals surface area contributed by atoms with E-state index >= 15 is 0 Å². The zero-order chi connectivity index (χ0) is 11.4. The first-order chi connectivity index (χ1) is 7.85. The lowest BCUT2D eigenvalue weighted by atomic mass is 10.0. The average Bonchev–Trinajstić information content (AvgIpc) is 2.84. The molecule has 1 atom stereocenters. The Balaban J connectivity index is 2.33. The van der Waals surface area contributed by atoms with Gasteiger partial charge in [0.1, 0.15) is 0 Å². The second-order valence-corrected chi connectivity index (χ2v) is 4.45. The summed E-state index contributed by atoms with van der Waals surface area (Å²) < 4.78 is 0. The van der Waals surface area contributed by atoms with Gasteiger partial charge in [0.15, 0.2) is 0 Å². The second-order valence-electron chi connectivity index (χ2n) is 3.73. The van der Waals surface area contributed by atoms with Crippen LogP contribution in [-0.4, -0.2) is 12.0 Å². The molecule has 1 aromatic carbocycles. The Morgan fingerprint density at radius 2 is 2.31 bits per heavy atom. The van der Waals surface area contributed by atoms with E-state index in [0.717, 1.165) is 12.1 Å². The van der Waals surface area contributed by atoms with E-state index in [1.807, 2.05) is 12.6 Å². The molecular weight excluding hydrogens is 216 g/mol. The van der Waals surface area contributed by atoms with Crippen LogP contribution in [0.2, 0.25) is 0 Å². The number of nitrogens with zero attached hydrogens (tertiary/aromatic N) is 1. The van der Waals surface area contributed by atoms with Crippen LogP contribution in [0, 0.1) is 0 Å². The van der Waals surface area contributed by atoms with Gasteiger partial charge in [-0.25, -0.2) is 4.98 Å². The first-order valence-electron chi connectivity index (χ1n) is 5.49. The van der Waals surface area contributed by atoms with Gasteiger partial charge in [-0.05, 0) is 24.6 Å². The van der Waals surface area contributed by atoms with E-state index in [1.165, 1.54) is 11.1 Å². The molecule has 2 rings (SSSR count). The molecule has 1 N–H and O–H groups in total. The average molecular weight is 232 g/mol. The van der Waals surface area contributed by atoms with E-state index in [-0.39, 0.29) is 6.04 Å². The molecule has 84 valence electrons. The van der Waals surface area contributed by atoms with Crippen LogP contribution in [0.1, 0.15) is 29.8 Å². The van der Waals surface area contributed by atoms with Crippen LogP contribution in [0.4, 0.5) is 0 Å². The fraction of sp³-hybridized carbons (Fsp3) is 0.308. The van der Waals surface area contributed by atoms with Crippen molar-refractivity contribution in [3.05, 3.63) is 52.0 Å². The van der Waals surface area contributed by atoms with E-state index in [1.54, 1.807) is 11.3 Å². The number of hydrogen-bond donors (Lipinski definition) is 1. The molecule has 2 nitrogen and oxygen atoms in total. The fourth-order valence-electron chi connectivity index (χ4n) is 1.84. The number of benzene rings is 1. The van der Waals surface area contributed by atoms with Gasteiger partial charge in [-0.2, -0.15) is 0 Å². The van der Waals surface area contributed by atoms with Crippen molar-refractivity contribution in [2.75, 3.05) is 7.05 Å². The van der Waals surface area contributed by atoms with Gasteiger partial charge in [0.2, 0.25) is 0 Å². The molecule has 0 spiro atoms. The molecule has 0 amide bonds. The lowest BCUT2D eigenvalue weighted by molar-refractivity contribution is 0.674. The number of rotatable bonds is 4. The zero-order valence-electron chi connectivity index (χ0n) is 9.60. The first kappa shape index (κ1) is 11.3. The van der Waals surface area contributed by atoms with E-state index in [9.17, 15) is 0 Å². The third-order valence-corrected chi connectivity index (χ3v) is 3.33. The number of aromatic nitrogens is 1. The summed E-state index contributed by atoms with van der Waals surface area (Å²) in [4.78, 5) is 4.38. The van der Waals surface area contributed by atoms with E-state index < -0.39 is 0 Å². The lowest BCUT2D eigenvalue weighted by Gasteiger charge is -2.15. The molecule has 1 heterocycles. The molecule has 1 aromatic heterocycles. The van der Waals surface area contributed by atoms with Gasteiger partial charge in [-0.1, -0.05) is 31.2 Å². The van der Waals surface area contributed by atoms with Crippen molar-refractivity contribution in [3.8, 4) is 0 Å². The van der Waals surface area contributed by atoms with Crippen LogP contribution in [0.15, 0.2) is 35.2 Å². The summed E-state index contributed by atoms with van der Waals surface area (Å²) in [7, 11) is 1.97. The Labute approximate surface area is 100 Å². The van der Waals surface area contributed by atoms with Gasteiger partial charge in [0.25, 0.3) is 0 Å². The van der Waals surface area contributed by atoms with Crippen molar-refractivity contribution in [2.24, 2.45) is 0 Å². The minimum absolute atomic E-state index is 0.206. The monoisotopic (exact) mass is 232 g/mol. The molecule has 0 fully saturated rings. The maximum Gasteiger partial charge on any atom is 0.0795 e. The van der Waals surface area contributed by atoms with Crippen molar-refractivity contribution in [3.63, 3.8) is 0 Å². The number of nitrogens with one attached hydrogen (secondary N) is 1. The molecule has 16 heavy (non-hydrogen) atoms. The van der Waals surface area contributed by atoms with Crippen molar-refractivity contribution in [1.82, 2.24) is 10.3 Å². The highest BCUT2D eigenvalue weighted by atomic mass is 32.1. The first-order valence-corrected chi connectivity index (χ1v) is 6.43. The molecule has 0 radical (unpaired) electrons. The molecule has 2 aromatic rings. The Bertz CT molecular complexity index is 437. The summed E-state index contributed by atoms with van der Waals surface area (Å²) in [6, 6.07) is 8.89. The SMILES string of the molecule is CCc1cccc(C(NC)c2cscn2)c1. The van der Waals surface area contributed by atoms with E-state index in [2.05, 4.69) is 46.9 Å². The Hall–Kier alpha value is -1.19. The molecule has 0 saturated heterocycles. The zero-order valence-corrected chi connectivity index (χ0v) is 10.4. The van der Waals surface area contributed by atoms with E-state index in [0.29, 0.717) is 0 Å². The third kappa shape index (κ3) is 2.31. The van der Waals surface area contributed by atoms with Crippen LogP contribution in [0.5, 0.6) is 0 Å². The molecule has 0 saturated carbocycles. The van der Waals surface area contributed by atoms with Gasteiger partial charge in [-0.15, -0.1) is 11.3 Å². The van der Waals surface area contributed by atoms with Gasteiger partial charge >= 0.3 is 0 Å². The van der Waals surface area contributed by atoms with Crippen LogP contribution < -0.4 is 5.32 Å². The van der Waals surface area contributed by atoms with Gasteiger partial charge in [0, 0.05) is 5.38 Å². The van der Waals surface area contributed by atoms with Crippen LogP contribution in [0.25, 0.3) is 0 Å². The number of hydrogen-bond acceptors (Lipinski definition) is 3. The molecule has 0 aliphatic carbocycles. The highest BCUT2D eigenvalue weighted by molar-refractivity contribution is 7.07. The smallest absolute Gasteiger partial charge is 0.0795 e. The normalized spacial score (nSPS) is 12.6. The standard InChI is InChI=1S/C13H16N2S/c1-3-10-5-4-6-11(7-10)13(14-2)12-8-16-9-15-12/h4-9,13-14H,3H2,1-2H3. The van der Waals surface area contributed by atoms with Crippen molar-refractivity contribution in [1.29, 1.82) is 0 Å². The number of aryl methyl sites for hydroxylation is 1. The maximum absolute atomic E-state index is 4.38. The topological polar surface area (TPSA) is 24.9 Å². The van der Waals surface area contributed by atoms with Gasteiger partial charge in [0.05, 0.1) is 17.2 Å². The Morgan fingerprint density at radius 1 is 1.44 bits per heavy atom. The molecule has 1 unspecified atom stereocenters. The molecular formula is C13H16N2S. The van der Waals surface area contributed by atoms with Crippen molar-refractivity contribution in [2.45, 2.75) is 19.4 Å². The predicted octanol–water partition coefficient (Wildman–Crippen LogP) is 3.01. The minimum Gasteiger partial charge on any atom is -0.308 e. The van der Waals surface area contributed by atoms with Crippen LogP contribution in [-0.2, 0) is 6.42 Å². The molecule has 0 aliphatic rings. The summed E-state index contributed by atoms with van der Waals surface area (Å²) in [5, 5.41) is 5.41. The highest BCUT2D eigenvalue weighted by Gasteiger charge is 2.13. The van der Waals surface area contributed by atoms with Crippen molar-refractivity contribution >= 4 is 11.3 Å². The number of thiazole rings is 1. The molecule has 3 heteroatoms.